The molecule has 0 aliphatic rings. The monoisotopic (exact) mass is 413 g/mol. The molecule has 0 spiro atoms. The van der Waals surface area contributed by atoms with Crippen molar-refractivity contribution in [1.82, 2.24) is 5.32 Å². The molecule has 3 rings (SSSR count). The molecule has 150 valence electrons. The maximum Gasteiger partial charge on any atom is 0.342 e. The molecule has 0 fully saturated rings. The van der Waals surface area contributed by atoms with Gasteiger partial charge in [0.05, 0.1) is 6.04 Å². The molecule has 3 aromatic rings. The number of thiophene rings is 1. The third-order valence-corrected chi connectivity index (χ3v) is 5.15. The molecule has 1 amide bonds. The minimum absolute atomic E-state index is 0.160. The number of hydrogen-bond donors (Lipinski definition) is 1. The Morgan fingerprint density at radius 2 is 1.83 bits per heavy atom. The van der Waals surface area contributed by atoms with Crippen LogP contribution in [0.25, 0.3) is 0 Å². The summed E-state index contributed by atoms with van der Waals surface area (Å²) in [5.41, 5.74) is 0.977. The first kappa shape index (κ1) is 20.5. The first-order chi connectivity index (χ1) is 14.0. The molecular weight excluding hydrogens is 393 g/mol. The SMILES string of the molecule is C[C@H](NC(=O)COC(=O)c1ccccc1OCc1ccc(F)cc1)c1cccs1. The van der Waals surface area contributed by atoms with Gasteiger partial charge in [-0.05, 0) is 48.2 Å². The highest BCUT2D eigenvalue weighted by Crippen LogP contribution is 2.21. The number of halogens is 1. The van der Waals surface area contributed by atoms with Crippen LogP contribution in [0.1, 0.15) is 33.8 Å². The van der Waals surface area contributed by atoms with E-state index in [1.807, 2.05) is 24.4 Å². The van der Waals surface area contributed by atoms with Crippen LogP contribution < -0.4 is 10.1 Å². The summed E-state index contributed by atoms with van der Waals surface area (Å²) in [7, 11) is 0. The van der Waals surface area contributed by atoms with Crippen molar-refractivity contribution in [3.8, 4) is 5.75 Å². The van der Waals surface area contributed by atoms with E-state index in [0.717, 1.165) is 10.4 Å². The maximum absolute atomic E-state index is 13.0. The standard InChI is InChI=1S/C22H20FNO4S/c1-15(20-7-4-12-29-20)24-21(25)14-28-22(26)18-5-2-3-6-19(18)27-13-16-8-10-17(23)11-9-16/h2-12,15H,13-14H2,1H3,(H,24,25)/t15-/m0/s1. The van der Waals surface area contributed by atoms with Gasteiger partial charge in [-0.1, -0.05) is 30.3 Å². The van der Waals surface area contributed by atoms with E-state index in [0.29, 0.717) is 5.75 Å². The highest BCUT2D eigenvalue weighted by molar-refractivity contribution is 7.10. The van der Waals surface area contributed by atoms with Gasteiger partial charge >= 0.3 is 5.97 Å². The van der Waals surface area contributed by atoms with Crippen LogP contribution in [-0.2, 0) is 16.1 Å². The van der Waals surface area contributed by atoms with Gasteiger partial charge in [0, 0.05) is 4.88 Å². The van der Waals surface area contributed by atoms with E-state index < -0.39 is 5.97 Å². The van der Waals surface area contributed by atoms with Crippen LogP contribution in [0, 0.1) is 5.82 Å². The van der Waals surface area contributed by atoms with E-state index in [2.05, 4.69) is 5.32 Å². The number of ether oxygens (including phenoxy) is 2. The zero-order valence-corrected chi connectivity index (χ0v) is 16.6. The van der Waals surface area contributed by atoms with Crippen LogP contribution in [0.2, 0.25) is 0 Å². The van der Waals surface area contributed by atoms with Crippen LogP contribution >= 0.6 is 11.3 Å². The first-order valence-electron chi connectivity index (χ1n) is 8.99. The fourth-order valence-electron chi connectivity index (χ4n) is 2.60. The summed E-state index contributed by atoms with van der Waals surface area (Å²) in [6.07, 6.45) is 0. The summed E-state index contributed by atoms with van der Waals surface area (Å²) in [4.78, 5) is 25.5. The molecule has 0 saturated carbocycles. The van der Waals surface area contributed by atoms with Gasteiger partial charge < -0.3 is 14.8 Å². The second kappa shape index (κ2) is 9.84. The molecule has 1 atom stereocenters. The van der Waals surface area contributed by atoms with E-state index >= 15 is 0 Å². The lowest BCUT2D eigenvalue weighted by atomic mass is 10.2. The zero-order chi connectivity index (χ0) is 20.6. The lowest BCUT2D eigenvalue weighted by Gasteiger charge is -2.13. The minimum atomic E-state index is -0.654. The van der Waals surface area contributed by atoms with Gasteiger partial charge in [-0.15, -0.1) is 11.3 Å². The number of para-hydroxylation sites is 1. The predicted octanol–water partition coefficient (Wildman–Crippen LogP) is 4.50. The number of esters is 1. The maximum atomic E-state index is 13.0. The topological polar surface area (TPSA) is 64.6 Å². The van der Waals surface area contributed by atoms with Crippen molar-refractivity contribution in [2.45, 2.75) is 19.6 Å². The summed E-state index contributed by atoms with van der Waals surface area (Å²) in [6.45, 7) is 1.65. The van der Waals surface area contributed by atoms with E-state index in [9.17, 15) is 14.0 Å². The van der Waals surface area contributed by atoms with Crippen molar-refractivity contribution in [3.63, 3.8) is 0 Å². The third-order valence-electron chi connectivity index (χ3n) is 4.10. The van der Waals surface area contributed by atoms with Crippen LogP contribution in [-0.4, -0.2) is 18.5 Å². The molecule has 2 aromatic carbocycles. The minimum Gasteiger partial charge on any atom is -0.488 e. The predicted molar refractivity (Wildman–Crippen MR) is 108 cm³/mol. The van der Waals surface area contributed by atoms with Gasteiger partial charge in [-0.25, -0.2) is 9.18 Å². The summed E-state index contributed by atoms with van der Waals surface area (Å²) < 4.78 is 23.8. The molecule has 0 radical (unpaired) electrons. The average Bonchev–Trinajstić information content (AvgIpc) is 3.27. The number of hydrogen-bond acceptors (Lipinski definition) is 5. The van der Waals surface area contributed by atoms with Crippen molar-refractivity contribution >= 4 is 23.2 Å². The van der Waals surface area contributed by atoms with E-state index in [1.54, 1.807) is 47.7 Å². The van der Waals surface area contributed by atoms with E-state index in [-0.39, 0.29) is 36.5 Å². The Labute approximate surface area is 172 Å². The number of carbonyl (C=O) groups excluding carboxylic acids is 2. The Morgan fingerprint density at radius 1 is 1.07 bits per heavy atom. The van der Waals surface area contributed by atoms with Crippen LogP contribution in [0.4, 0.5) is 4.39 Å². The van der Waals surface area contributed by atoms with Crippen molar-refractivity contribution in [2.75, 3.05) is 6.61 Å². The molecule has 29 heavy (non-hydrogen) atoms. The molecule has 1 aromatic heterocycles. The Kier molecular flexibility index (Phi) is 6.97. The van der Waals surface area contributed by atoms with Crippen LogP contribution in [0.3, 0.4) is 0 Å². The lowest BCUT2D eigenvalue weighted by Crippen LogP contribution is -2.30. The molecule has 1 heterocycles. The second-order valence-corrected chi connectivity index (χ2v) is 7.27. The molecule has 0 saturated heterocycles. The highest BCUT2D eigenvalue weighted by Gasteiger charge is 2.17. The van der Waals surface area contributed by atoms with Crippen LogP contribution in [0.15, 0.2) is 66.0 Å². The molecule has 5 nitrogen and oxygen atoms in total. The Morgan fingerprint density at radius 3 is 2.55 bits per heavy atom. The van der Waals surface area contributed by atoms with Gasteiger partial charge in [0.15, 0.2) is 6.61 Å². The number of amides is 1. The third kappa shape index (κ3) is 5.89. The molecule has 1 N–H and O–H groups in total. The molecule has 7 heteroatoms. The van der Waals surface area contributed by atoms with Gasteiger partial charge in [0.1, 0.15) is 23.7 Å². The largest absolute Gasteiger partial charge is 0.488 e. The summed E-state index contributed by atoms with van der Waals surface area (Å²) in [5.74, 6) is -1.04. The molecule has 0 aliphatic carbocycles. The van der Waals surface area contributed by atoms with Crippen molar-refractivity contribution in [2.24, 2.45) is 0 Å². The molecular formula is C22H20FNO4S. The number of nitrogens with one attached hydrogen (secondary N) is 1. The highest BCUT2D eigenvalue weighted by atomic mass is 32.1. The van der Waals surface area contributed by atoms with Gasteiger partial charge in [0.2, 0.25) is 0 Å². The average molecular weight is 413 g/mol. The fourth-order valence-corrected chi connectivity index (χ4v) is 3.34. The fraction of sp³-hybridized carbons (Fsp3) is 0.182. The molecule has 0 bridgehead atoms. The zero-order valence-electron chi connectivity index (χ0n) is 15.8. The number of benzene rings is 2. The van der Waals surface area contributed by atoms with Crippen molar-refractivity contribution < 1.29 is 23.5 Å². The van der Waals surface area contributed by atoms with Gasteiger partial charge in [-0.3, -0.25) is 4.79 Å². The van der Waals surface area contributed by atoms with E-state index in [4.69, 9.17) is 9.47 Å². The van der Waals surface area contributed by atoms with Gasteiger partial charge in [-0.2, -0.15) is 0 Å². The van der Waals surface area contributed by atoms with Crippen molar-refractivity contribution in [1.29, 1.82) is 0 Å². The Bertz CT molecular complexity index is 957. The van der Waals surface area contributed by atoms with Gasteiger partial charge in [0.25, 0.3) is 5.91 Å². The molecule has 0 aliphatic heterocycles. The van der Waals surface area contributed by atoms with Crippen molar-refractivity contribution in [3.05, 3.63) is 87.9 Å². The van der Waals surface area contributed by atoms with E-state index in [1.165, 1.54) is 12.1 Å². The van der Waals surface area contributed by atoms with Crippen LogP contribution in [0.5, 0.6) is 5.75 Å². The second-order valence-electron chi connectivity index (χ2n) is 6.29. The first-order valence-corrected chi connectivity index (χ1v) is 9.87. The summed E-state index contributed by atoms with van der Waals surface area (Å²) in [6, 6.07) is 16.2. The number of rotatable bonds is 8. The smallest absolute Gasteiger partial charge is 0.342 e. The summed E-state index contributed by atoms with van der Waals surface area (Å²) >= 11 is 1.54. The Hall–Kier alpha value is -3.19. The molecule has 0 unspecified atom stereocenters. The normalized spacial score (nSPS) is 11.5. The Balaban J connectivity index is 1.55. The quantitative estimate of drug-likeness (QED) is 0.552. The summed E-state index contributed by atoms with van der Waals surface area (Å²) in [5, 5.41) is 4.72. The number of carbonyl (C=O) groups is 2. The lowest BCUT2D eigenvalue weighted by molar-refractivity contribution is -0.124.